The maximum absolute atomic E-state index is 13.7. The first-order valence-corrected chi connectivity index (χ1v) is 32.6. The number of aromatic nitrogens is 4. The van der Waals surface area contributed by atoms with Crippen LogP contribution < -0.4 is 48.6 Å². The number of H-pyrrole nitrogens is 2. The molecule has 0 bridgehead atoms. The Labute approximate surface area is 477 Å². The highest BCUT2D eigenvalue weighted by Crippen LogP contribution is 2.51. The first-order valence-electron chi connectivity index (χ1n) is 27.7. The minimum absolute atomic E-state index is 0.0545. The van der Waals surface area contributed by atoms with Crippen LogP contribution in [0.25, 0.3) is 0 Å². The van der Waals surface area contributed by atoms with Gasteiger partial charge in [0.25, 0.3) is 27.8 Å². The van der Waals surface area contributed by atoms with Crippen LogP contribution in [0, 0.1) is 13.8 Å². The van der Waals surface area contributed by atoms with Crippen molar-refractivity contribution in [1.82, 2.24) is 24.4 Å². The Morgan fingerprint density at radius 3 is 1.41 bits per heavy atom. The molecule has 0 spiro atoms. The zero-order valence-electron chi connectivity index (χ0n) is 47.9. The summed E-state index contributed by atoms with van der Waals surface area (Å²) in [4.78, 5) is 57.8. The van der Waals surface area contributed by atoms with Gasteiger partial charge in [-0.05, 0) is 64.2 Å². The van der Waals surface area contributed by atoms with E-state index in [0.29, 0.717) is 11.1 Å². The van der Waals surface area contributed by atoms with E-state index >= 15 is 0 Å². The fourth-order valence-corrected chi connectivity index (χ4v) is 22.1. The molecular weight excluding hydrogens is 1080 g/mol. The van der Waals surface area contributed by atoms with Crippen molar-refractivity contribution < 1.29 is 31.9 Å². The summed E-state index contributed by atoms with van der Waals surface area (Å²) in [7, 11) is -6.93. The number of hydrogen-bond acceptors (Lipinski definition) is 12. The van der Waals surface area contributed by atoms with E-state index in [1.807, 2.05) is 117 Å². The second-order valence-corrected chi connectivity index (χ2v) is 32.8. The lowest BCUT2D eigenvalue weighted by molar-refractivity contribution is -0.0541. The van der Waals surface area contributed by atoms with Crippen molar-refractivity contribution in [1.29, 1.82) is 0 Å². The zero-order chi connectivity index (χ0) is 57.7. The van der Waals surface area contributed by atoms with Crippen molar-refractivity contribution in [3.63, 3.8) is 0 Å². The van der Waals surface area contributed by atoms with E-state index in [0.717, 1.165) is 26.3 Å². The molecule has 2 saturated heterocycles. The molecule has 0 aliphatic carbocycles. The quantitative estimate of drug-likeness (QED) is 0.0469. The third-order valence-corrected chi connectivity index (χ3v) is 27.0. The molecule has 19 heteroatoms. The van der Waals surface area contributed by atoms with Gasteiger partial charge < -0.3 is 37.2 Å². The molecule has 0 amide bonds. The molecule has 9 atom stereocenters. The standard InChI is InChI=1S/C62H76N5O11PSi2/c1-42-38-66(59(70)64-57(42)68)54-36-50(53(75-54)41-73-80(61(4,5)6,46-28-18-12-19-29-46)47-30-20-13-21-31-47)76-79(77-56(44(3)63-10)45-26-16-11-17-27-45)72-40-52-51(37-55(74-52)67-39-43(2)58(69)65-60(67)71)78-81(62(7,8)9,48-32-22-14-23-33-48)49-34-24-15-25-35-49/h11-35,38-39,44,50-56,63H,36-37,40-41H2,1-10H3,(H,64,68,70)(H,65,69,71)/t44-,50-,51-,52+,53+,54+,55+,56-,79?/m0/s1. The number of rotatable bonds is 21. The average Bonchev–Trinajstić information content (AvgIpc) is 3.95. The lowest BCUT2D eigenvalue weighted by atomic mass is 10.0. The Bertz CT molecular complexity index is 3350. The number of ether oxygens (including phenoxy) is 2. The van der Waals surface area contributed by atoms with E-state index in [2.05, 4.69) is 105 Å². The van der Waals surface area contributed by atoms with Gasteiger partial charge in [0.2, 0.25) is 0 Å². The van der Waals surface area contributed by atoms with Crippen LogP contribution in [0.3, 0.4) is 0 Å². The predicted molar refractivity (Wildman–Crippen MR) is 322 cm³/mol. The average molecular weight is 1150 g/mol. The van der Waals surface area contributed by atoms with Gasteiger partial charge in [-0.25, -0.2) is 9.59 Å². The first kappa shape index (κ1) is 59.6. The summed E-state index contributed by atoms with van der Waals surface area (Å²) in [5, 5.41) is 6.85. The van der Waals surface area contributed by atoms with Crippen LogP contribution in [-0.4, -0.2) is 86.5 Å². The summed E-state index contributed by atoms with van der Waals surface area (Å²) < 4.78 is 53.5. The summed E-state index contributed by atoms with van der Waals surface area (Å²) in [6, 6.07) is 50.9. The Morgan fingerprint density at radius 1 is 0.593 bits per heavy atom. The number of benzene rings is 5. The smallest absolute Gasteiger partial charge is 0.333 e. The van der Waals surface area contributed by atoms with Crippen LogP contribution in [0.2, 0.25) is 10.1 Å². The highest BCUT2D eigenvalue weighted by Gasteiger charge is 2.55. The van der Waals surface area contributed by atoms with E-state index in [1.165, 1.54) is 21.5 Å². The fraction of sp³-hybridized carbons (Fsp3) is 0.387. The van der Waals surface area contributed by atoms with Gasteiger partial charge in [0, 0.05) is 42.4 Å². The van der Waals surface area contributed by atoms with Gasteiger partial charge in [0.05, 0.1) is 25.4 Å². The lowest BCUT2D eigenvalue weighted by Crippen LogP contribution is -2.68. The van der Waals surface area contributed by atoms with Crippen molar-refractivity contribution in [3.8, 4) is 0 Å². The highest BCUT2D eigenvalue weighted by atomic mass is 31.2. The molecular formula is C62H76N5O11PSi2. The van der Waals surface area contributed by atoms with Crippen LogP contribution >= 0.6 is 8.60 Å². The van der Waals surface area contributed by atoms with Crippen LogP contribution in [0.5, 0.6) is 0 Å². The topological polar surface area (TPSA) is 186 Å². The Morgan fingerprint density at radius 2 is 0.988 bits per heavy atom. The predicted octanol–water partition coefficient (Wildman–Crippen LogP) is 7.79. The lowest BCUT2D eigenvalue weighted by Gasteiger charge is -2.45. The summed E-state index contributed by atoms with van der Waals surface area (Å²) in [6.45, 7) is 18.5. The second kappa shape index (κ2) is 25.2. The number of aromatic amines is 2. The summed E-state index contributed by atoms with van der Waals surface area (Å²) in [6.07, 6.45) is -1.98. The molecule has 2 aliphatic rings. The van der Waals surface area contributed by atoms with Crippen LogP contribution in [-0.2, 0) is 31.9 Å². The van der Waals surface area contributed by atoms with Gasteiger partial charge in [-0.1, -0.05) is 193 Å². The molecule has 2 aliphatic heterocycles. The largest absolute Gasteiger partial charge is 0.405 e. The van der Waals surface area contributed by atoms with Crippen molar-refractivity contribution in [3.05, 3.63) is 222 Å². The van der Waals surface area contributed by atoms with Gasteiger partial charge in [-0.2, -0.15) is 0 Å². The SMILES string of the molecule is CN[C@@H](C)[C@H](OP(OC[C@H]1O[C@@H](n2cc(C)c(=O)[nH]c2=O)C[C@@H]1O[Si](c1ccccc1)(c1ccccc1)C(C)(C)C)O[C@H]1C[C@H](n2cc(C)c(=O)[nH]c2=O)O[C@@H]1CO[Si](c1ccccc1)(c1ccccc1)C(C)(C)C)c1ccccc1. The molecule has 428 valence electrons. The van der Waals surface area contributed by atoms with Crippen molar-refractivity contribution >= 4 is 46.0 Å². The van der Waals surface area contributed by atoms with Crippen LogP contribution in [0.1, 0.15) is 96.6 Å². The highest BCUT2D eigenvalue weighted by molar-refractivity contribution is 7.41. The van der Waals surface area contributed by atoms with E-state index in [1.54, 1.807) is 13.8 Å². The number of nitrogens with one attached hydrogen (secondary N) is 3. The van der Waals surface area contributed by atoms with Crippen molar-refractivity contribution in [2.75, 3.05) is 20.3 Å². The number of nitrogens with zero attached hydrogens (tertiary/aromatic N) is 2. The van der Waals surface area contributed by atoms with Crippen molar-refractivity contribution in [2.24, 2.45) is 0 Å². The third-order valence-electron chi connectivity index (χ3n) is 15.7. The summed E-state index contributed by atoms with van der Waals surface area (Å²) in [5.74, 6) is 0. The minimum atomic E-state index is -3.27. The molecule has 7 aromatic rings. The zero-order valence-corrected chi connectivity index (χ0v) is 50.8. The minimum Gasteiger partial charge on any atom is -0.405 e. The third kappa shape index (κ3) is 12.7. The molecule has 2 aromatic heterocycles. The molecule has 9 rings (SSSR count). The second-order valence-electron chi connectivity index (χ2n) is 23.2. The van der Waals surface area contributed by atoms with Crippen molar-refractivity contribution in [2.45, 2.75) is 134 Å². The van der Waals surface area contributed by atoms with Gasteiger partial charge in [-0.15, -0.1) is 0 Å². The Balaban J connectivity index is 1.13. The van der Waals surface area contributed by atoms with E-state index < -0.39 is 95.7 Å². The summed E-state index contributed by atoms with van der Waals surface area (Å²) >= 11 is 0. The number of likely N-dealkylation sites (N-methyl/N-ethyl adjacent to an activating group) is 1. The molecule has 5 aromatic carbocycles. The van der Waals surface area contributed by atoms with Gasteiger partial charge >= 0.3 is 20.0 Å². The Hall–Kier alpha value is -6.00. The van der Waals surface area contributed by atoms with Gasteiger partial charge in [-0.3, -0.25) is 28.7 Å². The van der Waals surface area contributed by atoms with Gasteiger partial charge in [0.15, 0.2) is 0 Å². The first-order chi connectivity index (χ1) is 38.7. The van der Waals surface area contributed by atoms with E-state index in [-0.39, 0.29) is 37.1 Å². The molecule has 4 heterocycles. The maximum Gasteiger partial charge on any atom is 0.333 e. The van der Waals surface area contributed by atoms with Gasteiger partial charge in [0.1, 0.15) is 30.8 Å². The van der Waals surface area contributed by atoms with E-state index in [4.69, 9.17) is 31.9 Å². The van der Waals surface area contributed by atoms with E-state index in [9.17, 15) is 19.2 Å². The molecule has 1 unspecified atom stereocenters. The maximum atomic E-state index is 13.7. The monoisotopic (exact) mass is 1150 g/mol. The van der Waals surface area contributed by atoms with Crippen LogP contribution in [0.15, 0.2) is 183 Å². The van der Waals surface area contributed by atoms with Crippen LogP contribution in [0.4, 0.5) is 0 Å². The normalized spacial score (nSPS) is 21.0. The summed E-state index contributed by atoms with van der Waals surface area (Å²) in [5.41, 5.74) is -0.636. The molecule has 3 N–H and O–H groups in total. The molecule has 0 saturated carbocycles. The number of hydrogen-bond donors (Lipinski definition) is 3. The number of aryl methyl sites for hydroxylation is 2. The molecule has 0 radical (unpaired) electrons. The molecule has 2 fully saturated rings. The molecule has 81 heavy (non-hydrogen) atoms. The Kier molecular flexibility index (Phi) is 18.6. The fourth-order valence-electron chi connectivity index (χ4n) is 11.4. The molecule has 16 nitrogen and oxygen atoms in total.